The van der Waals surface area contributed by atoms with Crippen LogP contribution in [0.2, 0.25) is 5.02 Å². The highest BCUT2D eigenvalue weighted by Gasteiger charge is 2.13. The molecule has 5 nitrogen and oxygen atoms in total. The molecule has 23 heavy (non-hydrogen) atoms. The van der Waals surface area contributed by atoms with Gasteiger partial charge in [-0.3, -0.25) is 4.79 Å². The fraction of sp³-hybridized carbons (Fsp3) is 0.529. The smallest absolute Gasteiger partial charge is 0.321 e. The minimum Gasteiger partial charge on any atom is -0.352 e. The van der Waals surface area contributed by atoms with Crippen LogP contribution in [-0.4, -0.2) is 37.0 Å². The van der Waals surface area contributed by atoms with Gasteiger partial charge < -0.3 is 15.5 Å². The zero-order valence-electron chi connectivity index (χ0n) is 14.3. The summed E-state index contributed by atoms with van der Waals surface area (Å²) in [6.45, 7) is 7.42. The Bertz CT molecular complexity index is 547. The number of nitrogens with one attached hydrogen (secondary N) is 2. The lowest BCUT2D eigenvalue weighted by atomic mass is 10.1. The van der Waals surface area contributed by atoms with Crippen molar-refractivity contribution in [1.82, 2.24) is 10.2 Å². The van der Waals surface area contributed by atoms with E-state index in [1.807, 2.05) is 13.8 Å². The Morgan fingerprint density at radius 1 is 1.30 bits per heavy atom. The first-order chi connectivity index (χ1) is 10.8. The van der Waals surface area contributed by atoms with E-state index in [1.54, 1.807) is 30.1 Å². The number of anilines is 1. The summed E-state index contributed by atoms with van der Waals surface area (Å²) in [4.78, 5) is 25.7. The summed E-state index contributed by atoms with van der Waals surface area (Å²) in [7, 11) is 1.75. The lowest BCUT2D eigenvalue weighted by molar-refractivity contribution is 0.0949. The van der Waals surface area contributed by atoms with E-state index in [0.717, 1.165) is 12.8 Å². The summed E-state index contributed by atoms with van der Waals surface area (Å²) in [5, 5.41) is 5.92. The van der Waals surface area contributed by atoms with Crippen LogP contribution in [0.1, 0.15) is 44.0 Å². The molecule has 1 aromatic carbocycles. The Morgan fingerprint density at radius 3 is 2.57 bits per heavy atom. The maximum atomic E-state index is 12.0. The second-order valence-corrected chi connectivity index (χ2v) is 6.41. The molecule has 0 atom stereocenters. The van der Waals surface area contributed by atoms with Gasteiger partial charge in [0.1, 0.15) is 0 Å². The number of amides is 3. The normalized spacial score (nSPS) is 10.5. The number of carbonyl (C=O) groups is 2. The summed E-state index contributed by atoms with van der Waals surface area (Å²) in [5.74, 6) is 0.164. The van der Waals surface area contributed by atoms with Crippen molar-refractivity contribution in [1.29, 1.82) is 0 Å². The Morgan fingerprint density at radius 2 is 2.00 bits per heavy atom. The molecule has 1 rings (SSSR count). The van der Waals surface area contributed by atoms with Crippen LogP contribution < -0.4 is 10.6 Å². The lowest BCUT2D eigenvalue weighted by Gasteiger charge is -2.18. The van der Waals surface area contributed by atoms with Gasteiger partial charge in [0.2, 0.25) is 0 Å². The summed E-state index contributed by atoms with van der Waals surface area (Å²) in [6.07, 6.45) is 1.99. The quantitative estimate of drug-likeness (QED) is 0.789. The molecule has 0 aromatic heterocycles. The highest BCUT2D eigenvalue weighted by molar-refractivity contribution is 6.34. The van der Waals surface area contributed by atoms with Crippen LogP contribution in [0, 0.1) is 5.92 Å². The second-order valence-electron chi connectivity index (χ2n) is 6.00. The average Bonchev–Trinajstić information content (AvgIpc) is 2.50. The van der Waals surface area contributed by atoms with Crippen LogP contribution in [0.4, 0.5) is 10.5 Å². The van der Waals surface area contributed by atoms with Crippen molar-refractivity contribution in [3.8, 4) is 0 Å². The molecule has 128 valence electrons. The molecular weight excluding hydrogens is 314 g/mol. The van der Waals surface area contributed by atoms with Crippen molar-refractivity contribution in [3.63, 3.8) is 0 Å². The third kappa shape index (κ3) is 6.48. The summed E-state index contributed by atoms with van der Waals surface area (Å²) >= 11 is 6.16. The minimum absolute atomic E-state index is 0.188. The molecule has 0 unspecified atom stereocenters. The molecule has 0 spiro atoms. The van der Waals surface area contributed by atoms with Crippen LogP contribution in [0.5, 0.6) is 0 Å². The van der Waals surface area contributed by atoms with E-state index in [0.29, 0.717) is 35.3 Å². The van der Waals surface area contributed by atoms with E-state index in [4.69, 9.17) is 11.6 Å². The summed E-state index contributed by atoms with van der Waals surface area (Å²) in [6, 6.07) is 4.71. The van der Waals surface area contributed by atoms with Crippen LogP contribution in [0.3, 0.4) is 0 Å². The molecule has 0 fully saturated rings. The number of nitrogens with zero attached hydrogens (tertiary/aromatic N) is 1. The molecule has 2 N–H and O–H groups in total. The molecule has 0 radical (unpaired) electrons. The monoisotopic (exact) mass is 339 g/mol. The van der Waals surface area contributed by atoms with E-state index in [-0.39, 0.29) is 11.9 Å². The number of halogens is 1. The third-order valence-electron chi connectivity index (χ3n) is 3.33. The molecule has 0 aliphatic rings. The van der Waals surface area contributed by atoms with E-state index >= 15 is 0 Å². The van der Waals surface area contributed by atoms with E-state index < -0.39 is 0 Å². The first-order valence-corrected chi connectivity index (χ1v) is 8.32. The van der Waals surface area contributed by atoms with Crippen LogP contribution >= 0.6 is 11.6 Å². The van der Waals surface area contributed by atoms with Gasteiger partial charge in [-0.2, -0.15) is 0 Å². The van der Waals surface area contributed by atoms with Gasteiger partial charge in [-0.05, 0) is 30.5 Å². The van der Waals surface area contributed by atoms with Crippen LogP contribution in [0.15, 0.2) is 18.2 Å². The second kappa shape index (κ2) is 9.40. The largest absolute Gasteiger partial charge is 0.352 e. The molecule has 0 bridgehead atoms. The number of hydrogen-bond donors (Lipinski definition) is 2. The first-order valence-electron chi connectivity index (χ1n) is 7.95. The lowest BCUT2D eigenvalue weighted by Crippen LogP contribution is -2.32. The Kier molecular flexibility index (Phi) is 7.89. The predicted molar refractivity (Wildman–Crippen MR) is 95.2 cm³/mol. The van der Waals surface area contributed by atoms with Gasteiger partial charge in [-0.15, -0.1) is 0 Å². The minimum atomic E-state index is -0.207. The van der Waals surface area contributed by atoms with E-state index in [1.165, 1.54) is 0 Å². The van der Waals surface area contributed by atoms with Crippen molar-refractivity contribution < 1.29 is 9.59 Å². The number of carbonyl (C=O) groups excluding carboxylic acids is 2. The Labute approximate surface area is 143 Å². The molecule has 6 heteroatoms. The number of rotatable bonds is 7. The zero-order chi connectivity index (χ0) is 17.4. The highest BCUT2D eigenvalue weighted by atomic mass is 35.5. The molecule has 3 amide bonds. The fourth-order valence-corrected chi connectivity index (χ4v) is 2.15. The number of unbranched alkanes of at least 4 members (excludes halogenated alkanes) is 1. The van der Waals surface area contributed by atoms with Crippen molar-refractivity contribution in [3.05, 3.63) is 28.8 Å². The Balaban J connectivity index is 2.68. The predicted octanol–water partition coefficient (Wildman–Crippen LogP) is 3.99. The molecule has 1 aromatic rings. The highest BCUT2D eigenvalue weighted by Crippen LogP contribution is 2.21. The molecule has 0 heterocycles. The summed E-state index contributed by atoms with van der Waals surface area (Å²) in [5.41, 5.74) is 0.980. The van der Waals surface area contributed by atoms with Gasteiger partial charge in [-0.1, -0.05) is 38.8 Å². The van der Waals surface area contributed by atoms with Gasteiger partial charge >= 0.3 is 6.03 Å². The van der Waals surface area contributed by atoms with Gasteiger partial charge in [-0.25, -0.2) is 4.79 Å². The third-order valence-corrected chi connectivity index (χ3v) is 3.64. The standard InChI is InChI=1S/C17H26ClN3O2/c1-5-6-9-21(4)17(23)20-13-7-8-14(15(18)10-13)16(22)19-11-12(2)3/h7-8,10,12H,5-6,9,11H2,1-4H3,(H,19,22)(H,20,23). The zero-order valence-corrected chi connectivity index (χ0v) is 15.0. The maximum Gasteiger partial charge on any atom is 0.321 e. The number of hydrogen-bond acceptors (Lipinski definition) is 2. The topological polar surface area (TPSA) is 61.4 Å². The summed E-state index contributed by atoms with van der Waals surface area (Å²) < 4.78 is 0. The van der Waals surface area contributed by atoms with Crippen molar-refractivity contribution in [2.75, 3.05) is 25.5 Å². The van der Waals surface area contributed by atoms with E-state index in [9.17, 15) is 9.59 Å². The van der Waals surface area contributed by atoms with Crippen LogP contribution in [-0.2, 0) is 0 Å². The van der Waals surface area contributed by atoms with Gasteiger partial charge in [0.15, 0.2) is 0 Å². The molecule has 0 aliphatic heterocycles. The maximum absolute atomic E-state index is 12.0. The van der Waals surface area contributed by atoms with Gasteiger partial charge in [0.05, 0.1) is 10.6 Å². The molecular formula is C17H26ClN3O2. The van der Waals surface area contributed by atoms with Gasteiger partial charge in [0.25, 0.3) is 5.91 Å². The SMILES string of the molecule is CCCCN(C)C(=O)Nc1ccc(C(=O)NCC(C)C)c(Cl)c1. The van der Waals surface area contributed by atoms with Crippen molar-refractivity contribution in [2.45, 2.75) is 33.6 Å². The molecule has 0 saturated heterocycles. The van der Waals surface area contributed by atoms with E-state index in [2.05, 4.69) is 17.6 Å². The number of benzene rings is 1. The molecule has 0 aliphatic carbocycles. The average molecular weight is 340 g/mol. The van der Waals surface area contributed by atoms with Crippen LogP contribution in [0.25, 0.3) is 0 Å². The van der Waals surface area contributed by atoms with Crippen molar-refractivity contribution in [2.24, 2.45) is 5.92 Å². The van der Waals surface area contributed by atoms with Gasteiger partial charge in [0, 0.05) is 25.8 Å². The van der Waals surface area contributed by atoms with Crippen molar-refractivity contribution >= 4 is 29.2 Å². The first kappa shape index (κ1) is 19.3. The molecule has 0 saturated carbocycles. The Hall–Kier alpha value is -1.75. The fourth-order valence-electron chi connectivity index (χ4n) is 1.88. The number of urea groups is 1.